The van der Waals surface area contributed by atoms with E-state index in [1.165, 1.54) is 0 Å². The molecule has 0 heterocycles. The molecule has 0 aliphatic carbocycles. The quantitative estimate of drug-likeness (QED) is 0.814. The first kappa shape index (κ1) is 12.9. The molecule has 0 radical (unpaired) electrons. The average molecular weight is 231 g/mol. The number of alkyl halides is 2. The highest BCUT2D eigenvalue weighted by molar-refractivity contribution is 5.28. The Morgan fingerprint density at radius 3 is 2.31 bits per heavy atom. The number of rotatable bonds is 6. The van der Waals surface area contributed by atoms with Crippen LogP contribution in [0.4, 0.5) is 8.78 Å². The van der Waals surface area contributed by atoms with E-state index >= 15 is 0 Å². The van der Waals surface area contributed by atoms with Crippen LogP contribution in [0.25, 0.3) is 0 Å². The Bertz CT molecular complexity index is 303. The molecule has 16 heavy (non-hydrogen) atoms. The van der Waals surface area contributed by atoms with Crippen molar-refractivity contribution in [3.8, 4) is 5.75 Å². The summed E-state index contributed by atoms with van der Waals surface area (Å²) in [6.07, 6.45) is -2.98. The molecule has 0 amide bonds. The van der Waals surface area contributed by atoms with Crippen LogP contribution in [0.15, 0.2) is 24.3 Å². The van der Waals surface area contributed by atoms with Crippen LogP contribution in [0.1, 0.15) is 11.7 Å². The normalized spacial score (nSPS) is 12.8. The molecule has 1 aromatic carbocycles. The van der Waals surface area contributed by atoms with Gasteiger partial charge in [-0.15, -0.1) is 0 Å². The second kappa shape index (κ2) is 6.40. The summed E-state index contributed by atoms with van der Waals surface area (Å²) < 4.78 is 33.9. The molecule has 0 aliphatic rings. The molecule has 0 spiro atoms. The van der Waals surface area contributed by atoms with Gasteiger partial charge in [-0.3, -0.25) is 0 Å². The van der Waals surface area contributed by atoms with Gasteiger partial charge in [-0.05, 0) is 17.7 Å². The predicted molar refractivity (Wildman–Crippen MR) is 56.7 cm³/mol. The number of hydrogen-bond acceptors (Lipinski definition) is 3. The molecule has 2 N–H and O–H groups in total. The van der Waals surface area contributed by atoms with E-state index in [-0.39, 0.29) is 6.54 Å². The minimum Gasteiger partial charge on any atom is -0.497 e. The van der Waals surface area contributed by atoms with Crippen molar-refractivity contribution in [3.63, 3.8) is 0 Å². The second-order valence-electron chi connectivity index (χ2n) is 3.22. The molecular formula is C11H15F2NO2. The lowest BCUT2D eigenvalue weighted by atomic mass is 10.1. The average Bonchev–Trinajstić information content (AvgIpc) is 2.30. The van der Waals surface area contributed by atoms with Crippen LogP contribution in [0.5, 0.6) is 5.75 Å². The Morgan fingerprint density at radius 2 is 1.88 bits per heavy atom. The summed E-state index contributed by atoms with van der Waals surface area (Å²) in [7, 11) is 1.56. The van der Waals surface area contributed by atoms with E-state index in [2.05, 4.69) is 0 Å². The monoisotopic (exact) mass is 231 g/mol. The first-order valence-electron chi connectivity index (χ1n) is 4.91. The van der Waals surface area contributed by atoms with Gasteiger partial charge in [0.1, 0.15) is 12.4 Å². The van der Waals surface area contributed by atoms with E-state index in [1.807, 2.05) is 0 Å². The van der Waals surface area contributed by atoms with Gasteiger partial charge in [0.2, 0.25) is 0 Å². The van der Waals surface area contributed by atoms with Gasteiger partial charge < -0.3 is 15.2 Å². The lowest BCUT2D eigenvalue weighted by Gasteiger charge is -2.16. The van der Waals surface area contributed by atoms with Crippen molar-refractivity contribution in [1.29, 1.82) is 0 Å². The van der Waals surface area contributed by atoms with E-state index < -0.39 is 19.1 Å². The number of methoxy groups -OCH3 is 1. The Morgan fingerprint density at radius 1 is 1.25 bits per heavy atom. The third kappa shape index (κ3) is 3.75. The van der Waals surface area contributed by atoms with Crippen LogP contribution in [-0.2, 0) is 4.74 Å². The molecule has 1 unspecified atom stereocenters. The maximum absolute atomic E-state index is 12.0. The molecule has 0 aliphatic heterocycles. The molecule has 5 heteroatoms. The Hall–Kier alpha value is -1.20. The first-order valence-corrected chi connectivity index (χ1v) is 4.91. The summed E-state index contributed by atoms with van der Waals surface area (Å²) in [4.78, 5) is 0. The van der Waals surface area contributed by atoms with Crippen molar-refractivity contribution in [3.05, 3.63) is 29.8 Å². The van der Waals surface area contributed by atoms with E-state index in [0.717, 1.165) is 5.56 Å². The van der Waals surface area contributed by atoms with Crippen LogP contribution in [-0.4, -0.2) is 26.7 Å². The number of halogens is 2. The smallest absolute Gasteiger partial charge is 0.261 e. The summed E-state index contributed by atoms with van der Waals surface area (Å²) in [6.45, 7) is -0.438. The van der Waals surface area contributed by atoms with E-state index in [0.29, 0.717) is 5.75 Å². The molecule has 1 rings (SSSR count). The van der Waals surface area contributed by atoms with Crippen molar-refractivity contribution < 1.29 is 18.3 Å². The Kier molecular flexibility index (Phi) is 5.14. The van der Waals surface area contributed by atoms with Crippen molar-refractivity contribution in [2.75, 3.05) is 20.3 Å². The molecule has 90 valence electrons. The highest BCUT2D eigenvalue weighted by Crippen LogP contribution is 2.20. The van der Waals surface area contributed by atoms with Gasteiger partial charge in [-0.2, -0.15) is 0 Å². The van der Waals surface area contributed by atoms with Gasteiger partial charge in [0, 0.05) is 6.54 Å². The fraction of sp³-hybridized carbons (Fsp3) is 0.455. The summed E-state index contributed by atoms with van der Waals surface area (Å²) in [6, 6.07) is 6.98. The molecule has 0 saturated heterocycles. The Labute approximate surface area is 93.2 Å². The number of ether oxygens (including phenoxy) is 2. The third-order valence-electron chi connectivity index (χ3n) is 2.13. The lowest BCUT2D eigenvalue weighted by Crippen LogP contribution is -2.18. The van der Waals surface area contributed by atoms with Gasteiger partial charge in [0.05, 0.1) is 13.2 Å². The topological polar surface area (TPSA) is 44.5 Å². The molecule has 1 aromatic rings. The van der Waals surface area contributed by atoms with Crippen LogP contribution in [0.2, 0.25) is 0 Å². The van der Waals surface area contributed by atoms with E-state index in [4.69, 9.17) is 15.2 Å². The first-order chi connectivity index (χ1) is 7.67. The molecule has 1 atom stereocenters. The van der Waals surface area contributed by atoms with Crippen molar-refractivity contribution in [2.24, 2.45) is 5.73 Å². The molecule has 3 nitrogen and oxygen atoms in total. The van der Waals surface area contributed by atoms with Gasteiger partial charge >= 0.3 is 0 Å². The number of nitrogens with two attached hydrogens (primary N) is 1. The van der Waals surface area contributed by atoms with Crippen molar-refractivity contribution in [2.45, 2.75) is 12.5 Å². The number of hydrogen-bond donors (Lipinski definition) is 1. The fourth-order valence-corrected chi connectivity index (χ4v) is 1.31. The lowest BCUT2D eigenvalue weighted by molar-refractivity contribution is -0.0217. The van der Waals surface area contributed by atoms with Gasteiger partial charge in [0.15, 0.2) is 0 Å². The van der Waals surface area contributed by atoms with Crippen LogP contribution >= 0.6 is 0 Å². The van der Waals surface area contributed by atoms with Gasteiger partial charge in [-0.1, -0.05) is 12.1 Å². The summed E-state index contributed by atoms with van der Waals surface area (Å²) >= 11 is 0. The zero-order chi connectivity index (χ0) is 12.0. The number of benzene rings is 1. The molecule has 0 bridgehead atoms. The van der Waals surface area contributed by atoms with Gasteiger partial charge in [-0.25, -0.2) is 8.78 Å². The van der Waals surface area contributed by atoms with Gasteiger partial charge in [0.25, 0.3) is 6.43 Å². The zero-order valence-electron chi connectivity index (χ0n) is 9.03. The Balaban J connectivity index is 2.63. The summed E-state index contributed by atoms with van der Waals surface area (Å²) in [5.74, 6) is 0.702. The summed E-state index contributed by atoms with van der Waals surface area (Å²) in [5, 5.41) is 0. The standard InChI is InChI=1S/C11H15F2NO2/c1-15-9-4-2-8(3-5-9)10(6-14)16-7-11(12)13/h2-5,10-11H,6-7,14H2,1H3. The van der Waals surface area contributed by atoms with Crippen LogP contribution in [0.3, 0.4) is 0 Å². The third-order valence-corrected chi connectivity index (χ3v) is 2.13. The summed E-state index contributed by atoms with van der Waals surface area (Å²) in [5.41, 5.74) is 6.23. The zero-order valence-corrected chi connectivity index (χ0v) is 9.03. The molecule has 0 saturated carbocycles. The largest absolute Gasteiger partial charge is 0.497 e. The SMILES string of the molecule is COc1ccc(C(CN)OCC(F)F)cc1. The van der Waals surface area contributed by atoms with Crippen LogP contribution in [0, 0.1) is 0 Å². The van der Waals surface area contributed by atoms with Crippen molar-refractivity contribution in [1.82, 2.24) is 0 Å². The molecule has 0 fully saturated rings. The second-order valence-corrected chi connectivity index (χ2v) is 3.22. The highest BCUT2D eigenvalue weighted by atomic mass is 19.3. The van der Waals surface area contributed by atoms with E-state index in [9.17, 15) is 8.78 Å². The van der Waals surface area contributed by atoms with Crippen LogP contribution < -0.4 is 10.5 Å². The molecule has 0 aromatic heterocycles. The fourth-order valence-electron chi connectivity index (χ4n) is 1.31. The predicted octanol–water partition coefficient (Wildman–Crippen LogP) is 1.98. The highest BCUT2D eigenvalue weighted by Gasteiger charge is 2.13. The maximum atomic E-state index is 12.0. The minimum atomic E-state index is -2.48. The maximum Gasteiger partial charge on any atom is 0.261 e. The molecular weight excluding hydrogens is 216 g/mol. The van der Waals surface area contributed by atoms with E-state index in [1.54, 1.807) is 31.4 Å². The van der Waals surface area contributed by atoms with Crippen molar-refractivity contribution >= 4 is 0 Å². The minimum absolute atomic E-state index is 0.166.